The highest BCUT2D eigenvalue weighted by Crippen LogP contribution is 2.37. The van der Waals surface area contributed by atoms with Gasteiger partial charge in [-0.05, 0) is 45.8 Å². The van der Waals surface area contributed by atoms with Gasteiger partial charge in [-0.1, -0.05) is 35.3 Å². The predicted molar refractivity (Wildman–Crippen MR) is 87.3 cm³/mol. The molecule has 0 aromatic heterocycles. The third-order valence-corrected chi connectivity index (χ3v) is 4.85. The summed E-state index contributed by atoms with van der Waals surface area (Å²) in [6.45, 7) is 0.0511. The van der Waals surface area contributed by atoms with Crippen molar-refractivity contribution in [2.24, 2.45) is 5.73 Å². The Morgan fingerprint density at radius 1 is 1.19 bits per heavy atom. The maximum atomic E-state index is 14.0. The molecule has 0 saturated carbocycles. The summed E-state index contributed by atoms with van der Waals surface area (Å²) in [7, 11) is 0. The van der Waals surface area contributed by atoms with E-state index in [-0.39, 0.29) is 17.1 Å². The van der Waals surface area contributed by atoms with E-state index in [4.69, 9.17) is 28.9 Å². The molecule has 0 spiro atoms. The van der Waals surface area contributed by atoms with E-state index in [9.17, 15) is 9.50 Å². The van der Waals surface area contributed by atoms with Gasteiger partial charge in [-0.2, -0.15) is 0 Å². The molecular formula is C15H13BrCl2FNO. The van der Waals surface area contributed by atoms with Gasteiger partial charge in [0.1, 0.15) is 5.82 Å². The summed E-state index contributed by atoms with van der Waals surface area (Å²) >= 11 is 15.4. The first kappa shape index (κ1) is 16.7. The van der Waals surface area contributed by atoms with Crippen LogP contribution >= 0.6 is 39.1 Å². The van der Waals surface area contributed by atoms with Gasteiger partial charge in [-0.15, -0.1) is 0 Å². The molecule has 0 amide bonds. The first-order valence-corrected chi connectivity index (χ1v) is 7.77. The third kappa shape index (κ3) is 3.58. The summed E-state index contributed by atoms with van der Waals surface area (Å²) in [4.78, 5) is 0. The van der Waals surface area contributed by atoms with Crippen LogP contribution in [-0.2, 0) is 0 Å². The maximum absolute atomic E-state index is 14.0. The highest BCUT2D eigenvalue weighted by molar-refractivity contribution is 9.10. The van der Waals surface area contributed by atoms with Crippen LogP contribution < -0.4 is 5.73 Å². The van der Waals surface area contributed by atoms with E-state index in [0.717, 1.165) is 0 Å². The van der Waals surface area contributed by atoms with Crippen molar-refractivity contribution in [2.75, 3.05) is 6.54 Å². The Hall–Kier alpha value is -0.650. The van der Waals surface area contributed by atoms with Gasteiger partial charge in [0.15, 0.2) is 0 Å². The number of benzene rings is 2. The highest BCUT2D eigenvalue weighted by Gasteiger charge is 2.26. The van der Waals surface area contributed by atoms with Crippen molar-refractivity contribution in [3.8, 4) is 0 Å². The van der Waals surface area contributed by atoms with Crippen LogP contribution in [0.3, 0.4) is 0 Å². The van der Waals surface area contributed by atoms with E-state index in [0.29, 0.717) is 15.1 Å². The Morgan fingerprint density at radius 2 is 1.90 bits per heavy atom. The lowest BCUT2D eigenvalue weighted by atomic mass is 9.89. The molecule has 0 aliphatic rings. The molecule has 2 unspecified atom stereocenters. The third-order valence-electron chi connectivity index (χ3n) is 3.29. The molecular weight excluding hydrogens is 380 g/mol. The minimum Gasteiger partial charge on any atom is -0.388 e. The largest absolute Gasteiger partial charge is 0.388 e. The van der Waals surface area contributed by atoms with Crippen LogP contribution in [0.2, 0.25) is 10.0 Å². The Labute approximate surface area is 140 Å². The van der Waals surface area contributed by atoms with Crippen LogP contribution in [0.4, 0.5) is 4.39 Å². The molecule has 2 rings (SSSR count). The number of hydrogen-bond acceptors (Lipinski definition) is 2. The normalized spacial score (nSPS) is 14.0. The SMILES string of the molecule is NCC(c1c(F)cccc1Cl)C(O)c1ccc(Br)c(Cl)c1. The Kier molecular flexibility index (Phi) is 5.63. The molecule has 0 bridgehead atoms. The Bertz CT molecular complexity index is 633. The van der Waals surface area contributed by atoms with E-state index >= 15 is 0 Å². The lowest BCUT2D eigenvalue weighted by molar-refractivity contribution is 0.146. The predicted octanol–water partition coefficient (Wildman–Crippen LogP) is 4.67. The molecule has 2 aromatic rings. The van der Waals surface area contributed by atoms with Gasteiger partial charge in [0.05, 0.1) is 11.1 Å². The first-order chi connectivity index (χ1) is 9.95. The average molecular weight is 393 g/mol. The van der Waals surface area contributed by atoms with Crippen molar-refractivity contribution in [1.29, 1.82) is 0 Å². The Balaban J connectivity index is 2.43. The number of aliphatic hydroxyl groups is 1. The van der Waals surface area contributed by atoms with Gasteiger partial charge in [0.2, 0.25) is 0 Å². The fourth-order valence-corrected chi connectivity index (χ4v) is 2.94. The zero-order valence-corrected chi connectivity index (χ0v) is 14.0. The molecule has 21 heavy (non-hydrogen) atoms. The fourth-order valence-electron chi connectivity index (χ4n) is 2.20. The molecule has 0 heterocycles. The molecule has 2 nitrogen and oxygen atoms in total. The molecule has 0 saturated heterocycles. The molecule has 0 radical (unpaired) electrons. The summed E-state index contributed by atoms with van der Waals surface area (Å²) < 4.78 is 14.7. The summed E-state index contributed by atoms with van der Waals surface area (Å²) in [6, 6.07) is 9.43. The maximum Gasteiger partial charge on any atom is 0.128 e. The molecule has 2 atom stereocenters. The minimum absolute atomic E-state index is 0.0511. The fraction of sp³-hybridized carbons (Fsp3) is 0.200. The summed E-state index contributed by atoms with van der Waals surface area (Å²) in [5.41, 5.74) is 6.49. The second-order valence-corrected chi connectivity index (χ2v) is 6.26. The average Bonchev–Trinajstić information content (AvgIpc) is 2.45. The molecule has 6 heteroatoms. The smallest absolute Gasteiger partial charge is 0.128 e. The molecule has 2 aromatic carbocycles. The topological polar surface area (TPSA) is 46.2 Å². The molecule has 0 fully saturated rings. The molecule has 3 N–H and O–H groups in total. The van der Waals surface area contributed by atoms with Crippen LogP contribution in [0.1, 0.15) is 23.1 Å². The van der Waals surface area contributed by atoms with E-state index in [1.54, 1.807) is 24.3 Å². The van der Waals surface area contributed by atoms with Crippen LogP contribution in [-0.4, -0.2) is 11.7 Å². The van der Waals surface area contributed by atoms with Crippen molar-refractivity contribution in [3.05, 3.63) is 67.9 Å². The van der Waals surface area contributed by atoms with Gasteiger partial charge < -0.3 is 10.8 Å². The number of hydrogen-bond donors (Lipinski definition) is 2. The highest BCUT2D eigenvalue weighted by atomic mass is 79.9. The van der Waals surface area contributed by atoms with Crippen LogP contribution in [0.5, 0.6) is 0 Å². The van der Waals surface area contributed by atoms with Gasteiger partial charge in [0.25, 0.3) is 0 Å². The minimum atomic E-state index is -1.00. The summed E-state index contributed by atoms with van der Waals surface area (Å²) in [5, 5.41) is 11.2. The quantitative estimate of drug-likeness (QED) is 0.793. The van der Waals surface area contributed by atoms with E-state index in [2.05, 4.69) is 15.9 Å². The summed E-state index contributed by atoms with van der Waals surface area (Å²) in [5.74, 6) is -1.14. The van der Waals surface area contributed by atoms with Gasteiger partial charge in [-0.3, -0.25) is 0 Å². The zero-order valence-electron chi connectivity index (χ0n) is 10.9. The van der Waals surface area contributed by atoms with Gasteiger partial charge in [0, 0.05) is 27.5 Å². The van der Waals surface area contributed by atoms with Crippen LogP contribution in [0, 0.1) is 5.82 Å². The number of halogens is 4. The molecule has 0 aliphatic carbocycles. The standard InChI is InChI=1S/C15H13BrCl2FNO/c16-10-5-4-8(6-12(10)18)15(21)9(7-20)14-11(17)2-1-3-13(14)19/h1-6,9,15,21H,7,20H2. The van der Waals surface area contributed by atoms with Crippen LogP contribution in [0.15, 0.2) is 40.9 Å². The zero-order chi connectivity index (χ0) is 15.6. The van der Waals surface area contributed by atoms with E-state index in [1.165, 1.54) is 12.1 Å². The number of aliphatic hydroxyl groups excluding tert-OH is 1. The number of rotatable bonds is 4. The number of nitrogens with two attached hydrogens (primary N) is 1. The van der Waals surface area contributed by atoms with E-state index in [1.807, 2.05) is 0 Å². The summed E-state index contributed by atoms with van der Waals surface area (Å²) in [6.07, 6.45) is -1.00. The van der Waals surface area contributed by atoms with Crippen molar-refractivity contribution in [2.45, 2.75) is 12.0 Å². The van der Waals surface area contributed by atoms with Crippen molar-refractivity contribution >= 4 is 39.1 Å². The van der Waals surface area contributed by atoms with Crippen LogP contribution in [0.25, 0.3) is 0 Å². The molecule has 112 valence electrons. The first-order valence-electron chi connectivity index (χ1n) is 6.22. The Morgan fingerprint density at radius 3 is 2.48 bits per heavy atom. The lowest BCUT2D eigenvalue weighted by Crippen LogP contribution is -2.21. The molecule has 0 aliphatic heterocycles. The van der Waals surface area contributed by atoms with Crippen molar-refractivity contribution in [3.63, 3.8) is 0 Å². The second kappa shape index (κ2) is 7.07. The second-order valence-electron chi connectivity index (χ2n) is 4.60. The lowest BCUT2D eigenvalue weighted by Gasteiger charge is -2.24. The van der Waals surface area contributed by atoms with Crippen molar-refractivity contribution < 1.29 is 9.50 Å². The van der Waals surface area contributed by atoms with Gasteiger partial charge >= 0.3 is 0 Å². The van der Waals surface area contributed by atoms with E-state index < -0.39 is 17.8 Å². The van der Waals surface area contributed by atoms with Gasteiger partial charge in [-0.25, -0.2) is 4.39 Å². The van der Waals surface area contributed by atoms with Crippen molar-refractivity contribution in [1.82, 2.24) is 0 Å². The monoisotopic (exact) mass is 391 g/mol.